The van der Waals surface area contributed by atoms with Gasteiger partial charge in [-0.05, 0) is 41.6 Å². The standard InChI is InChI=1S/C21H20N2O3S/c1-14-9-10-16(21(22)25)17(12-14)26-13-19(24)23-20(18-8-5-11-27-18)15-6-3-2-4-7-15/h2-12,20H,13H2,1H3,(H2,22,25)(H,23,24). The van der Waals surface area contributed by atoms with Crippen LogP contribution in [0.2, 0.25) is 0 Å². The largest absolute Gasteiger partial charge is 0.483 e. The molecule has 3 aromatic rings. The molecule has 1 heterocycles. The Kier molecular flexibility index (Phi) is 5.88. The van der Waals surface area contributed by atoms with E-state index >= 15 is 0 Å². The molecule has 2 aromatic carbocycles. The Hall–Kier alpha value is -3.12. The number of nitrogens with two attached hydrogens (primary N) is 1. The quantitative estimate of drug-likeness (QED) is 0.659. The van der Waals surface area contributed by atoms with Gasteiger partial charge in [-0.1, -0.05) is 42.5 Å². The van der Waals surface area contributed by atoms with E-state index in [1.807, 2.05) is 54.8 Å². The number of hydrogen-bond acceptors (Lipinski definition) is 4. The molecular weight excluding hydrogens is 360 g/mol. The molecule has 1 unspecified atom stereocenters. The maximum Gasteiger partial charge on any atom is 0.258 e. The van der Waals surface area contributed by atoms with Gasteiger partial charge in [0.25, 0.3) is 11.8 Å². The lowest BCUT2D eigenvalue weighted by Crippen LogP contribution is -2.33. The van der Waals surface area contributed by atoms with Gasteiger partial charge in [0.15, 0.2) is 6.61 Å². The second-order valence-corrected chi connectivity index (χ2v) is 7.06. The molecule has 0 saturated heterocycles. The zero-order valence-corrected chi connectivity index (χ0v) is 15.7. The molecule has 0 aliphatic rings. The summed E-state index contributed by atoms with van der Waals surface area (Å²) in [6.45, 7) is 1.67. The Labute approximate surface area is 161 Å². The van der Waals surface area contributed by atoms with Crippen LogP contribution in [0.5, 0.6) is 5.75 Å². The fourth-order valence-corrected chi connectivity index (χ4v) is 3.52. The van der Waals surface area contributed by atoms with E-state index in [0.717, 1.165) is 16.0 Å². The van der Waals surface area contributed by atoms with Crippen molar-refractivity contribution in [3.05, 3.63) is 87.6 Å². The third-order valence-corrected chi connectivity index (χ3v) is 4.96. The fraction of sp³-hybridized carbons (Fsp3) is 0.143. The van der Waals surface area contributed by atoms with Gasteiger partial charge in [0.05, 0.1) is 11.6 Å². The lowest BCUT2D eigenvalue weighted by atomic mass is 10.1. The molecule has 0 spiro atoms. The Morgan fingerprint density at radius 2 is 1.89 bits per heavy atom. The molecule has 1 atom stereocenters. The number of carbonyl (C=O) groups is 2. The van der Waals surface area contributed by atoms with Gasteiger partial charge in [-0.3, -0.25) is 9.59 Å². The van der Waals surface area contributed by atoms with Crippen molar-refractivity contribution in [2.75, 3.05) is 6.61 Å². The molecule has 2 amide bonds. The molecule has 138 valence electrons. The highest BCUT2D eigenvalue weighted by molar-refractivity contribution is 7.10. The molecule has 1 aromatic heterocycles. The molecule has 0 bridgehead atoms. The summed E-state index contributed by atoms with van der Waals surface area (Å²) in [6, 6.07) is 18.5. The number of amides is 2. The molecule has 0 fully saturated rings. The monoisotopic (exact) mass is 380 g/mol. The highest BCUT2D eigenvalue weighted by Gasteiger charge is 2.18. The molecular formula is C21H20N2O3S. The molecule has 27 heavy (non-hydrogen) atoms. The van der Waals surface area contributed by atoms with Crippen molar-refractivity contribution < 1.29 is 14.3 Å². The zero-order chi connectivity index (χ0) is 19.2. The summed E-state index contributed by atoms with van der Waals surface area (Å²) >= 11 is 1.57. The lowest BCUT2D eigenvalue weighted by molar-refractivity contribution is -0.123. The third-order valence-electron chi connectivity index (χ3n) is 4.03. The summed E-state index contributed by atoms with van der Waals surface area (Å²) in [5, 5.41) is 4.97. The van der Waals surface area contributed by atoms with Crippen molar-refractivity contribution in [3.8, 4) is 5.75 Å². The number of hydrogen-bond donors (Lipinski definition) is 2. The maximum absolute atomic E-state index is 12.5. The van der Waals surface area contributed by atoms with E-state index in [9.17, 15) is 9.59 Å². The fourth-order valence-electron chi connectivity index (χ4n) is 2.72. The van der Waals surface area contributed by atoms with Crippen LogP contribution in [-0.4, -0.2) is 18.4 Å². The van der Waals surface area contributed by atoms with Crippen molar-refractivity contribution in [2.24, 2.45) is 5.73 Å². The van der Waals surface area contributed by atoms with Gasteiger partial charge in [0.1, 0.15) is 5.75 Å². The first-order chi connectivity index (χ1) is 13.0. The Bertz CT molecular complexity index is 924. The predicted molar refractivity (Wildman–Crippen MR) is 106 cm³/mol. The molecule has 0 saturated carbocycles. The first-order valence-electron chi connectivity index (χ1n) is 8.45. The minimum atomic E-state index is -0.592. The predicted octanol–water partition coefficient (Wildman–Crippen LogP) is 3.44. The number of benzene rings is 2. The van der Waals surface area contributed by atoms with Crippen molar-refractivity contribution >= 4 is 23.2 Å². The van der Waals surface area contributed by atoms with Crippen molar-refractivity contribution in [1.29, 1.82) is 0 Å². The Morgan fingerprint density at radius 3 is 2.56 bits per heavy atom. The molecule has 0 radical (unpaired) electrons. The second-order valence-electron chi connectivity index (χ2n) is 6.08. The molecule has 0 aliphatic carbocycles. The topological polar surface area (TPSA) is 81.4 Å². The minimum Gasteiger partial charge on any atom is -0.483 e. The van der Waals surface area contributed by atoms with Crippen LogP contribution in [0.1, 0.15) is 32.4 Å². The highest BCUT2D eigenvalue weighted by atomic mass is 32.1. The first kappa shape index (κ1) is 18.7. The average molecular weight is 380 g/mol. The number of thiophene rings is 1. The maximum atomic E-state index is 12.5. The lowest BCUT2D eigenvalue weighted by Gasteiger charge is -2.18. The molecule has 3 N–H and O–H groups in total. The Morgan fingerprint density at radius 1 is 1.11 bits per heavy atom. The van der Waals surface area contributed by atoms with E-state index in [2.05, 4.69) is 5.32 Å². The smallest absolute Gasteiger partial charge is 0.258 e. The SMILES string of the molecule is Cc1ccc(C(N)=O)c(OCC(=O)NC(c2ccccc2)c2cccs2)c1. The van der Waals surface area contributed by atoms with Crippen LogP contribution in [0, 0.1) is 6.92 Å². The van der Waals surface area contributed by atoms with Crippen LogP contribution in [0.15, 0.2) is 66.0 Å². The second kappa shape index (κ2) is 8.51. The highest BCUT2D eigenvalue weighted by Crippen LogP contribution is 2.26. The number of nitrogens with one attached hydrogen (secondary N) is 1. The van der Waals surface area contributed by atoms with Crippen LogP contribution in [0.4, 0.5) is 0 Å². The molecule has 3 rings (SSSR count). The normalized spacial score (nSPS) is 11.6. The average Bonchev–Trinajstić information content (AvgIpc) is 3.19. The van der Waals surface area contributed by atoms with Gasteiger partial charge in [0, 0.05) is 4.88 Å². The third kappa shape index (κ3) is 4.74. The van der Waals surface area contributed by atoms with E-state index in [-0.39, 0.29) is 24.1 Å². The van der Waals surface area contributed by atoms with E-state index in [0.29, 0.717) is 5.75 Å². The first-order valence-corrected chi connectivity index (χ1v) is 9.33. The van der Waals surface area contributed by atoms with Crippen molar-refractivity contribution in [3.63, 3.8) is 0 Å². The van der Waals surface area contributed by atoms with Gasteiger partial charge in [-0.2, -0.15) is 0 Å². The Balaban J connectivity index is 1.73. The van der Waals surface area contributed by atoms with E-state index in [4.69, 9.17) is 10.5 Å². The summed E-state index contributed by atoms with van der Waals surface area (Å²) < 4.78 is 5.59. The van der Waals surface area contributed by atoms with Gasteiger partial charge in [-0.25, -0.2) is 0 Å². The minimum absolute atomic E-state index is 0.210. The van der Waals surface area contributed by atoms with Crippen LogP contribution >= 0.6 is 11.3 Å². The van der Waals surface area contributed by atoms with Gasteiger partial charge < -0.3 is 15.8 Å². The summed E-state index contributed by atoms with van der Waals surface area (Å²) in [4.78, 5) is 25.1. The summed E-state index contributed by atoms with van der Waals surface area (Å²) in [5.41, 5.74) is 7.53. The zero-order valence-electron chi connectivity index (χ0n) is 14.8. The van der Waals surface area contributed by atoms with E-state index in [1.54, 1.807) is 29.5 Å². The molecule has 0 aliphatic heterocycles. The van der Waals surface area contributed by atoms with Crippen molar-refractivity contribution in [2.45, 2.75) is 13.0 Å². The van der Waals surface area contributed by atoms with Gasteiger partial charge >= 0.3 is 0 Å². The van der Waals surface area contributed by atoms with Crippen molar-refractivity contribution in [1.82, 2.24) is 5.32 Å². The number of rotatable bonds is 7. The number of ether oxygens (including phenoxy) is 1. The molecule has 5 nitrogen and oxygen atoms in total. The van der Waals surface area contributed by atoms with E-state index in [1.165, 1.54) is 0 Å². The van der Waals surface area contributed by atoms with Crippen LogP contribution in [-0.2, 0) is 4.79 Å². The van der Waals surface area contributed by atoms with Gasteiger partial charge in [-0.15, -0.1) is 11.3 Å². The van der Waals surface area contributed by atoms with Gasteiger partial charge in [0.2, 0.25) is 0 Å². The van der Waals surface area contributed by atoms with E-state index < -0.39 is 5.91 Å². The molecule has 6 heteroatoms. The number of aryl methyl sites for hydroxylation is 1. The summed E-state index contributed by atoms with van der Waals surface area (Å²) in [5.74, 6) is -0.564. The summed E-state index contributed by atoms with van der Waals surface area (Å²) in [7, 11) is 0. The number of primary amides is 1. The number of carbonyl (C=O) groups excluding carboxylic acids is 2. The van der Waals surface area contributed by atoms with Crippen LogP contribution in [0.25, 0.3) is 0 Å². The van der Waals surface area contributed by atoms with Crippen LogP contribution < -0.4 is 15.8 Å². The van der Waals surface area contributed by atoms with Crippen LogP contribution in [0.3, 0.4) is 0 Å². The summed E-state index contributed by atoms with van der Waals surface area (Å²) in [6.07, 6.45) is 0.